The fraction of sp³-hybridized carbons (Fsp3) is 0.333. The number of piperazine rings is 1. The molecule has 24 heavy (non-hydrogen) atoms. The number of nitrogens with one attached hydrogen (secondary N) is 1. The van der Waals surface area contributed by atoms with Gasteiger partial charge in [0.2, 0.25) is 0 Å². The Morgan fingerprint density at radius 2 is 1.96 bits per heavy atom. The summed E-state index contributed by atoms with van der Waals surface area (Å²) >= 11 is 1.54. The molecular weight excluding hydrogens is 376 g/mol. The van der Waals surface area contributed by atoms with Crippen LogP contribution in [0.4, 0.5) is 10.1 Å². The highest BCUT2D eigenvalue weighted by atomic mass is 35.5. The van der Waals surface area contributed by atoms with Gasteiger partial charge >= 0.3 is 0 Å². The number of halogens is 3. The first-order valence-electron chi connectivity index (χ1n) is 7.09. The quantitative estimate of drug-likeness (QED) is 0.636. The maximum Gasteiger partial charge on any atom is 0.274 e. The number of hydrogen-bond donors (Lipinski definition) is 1. The molecule has 1 N–H and O–H groups in total. The molecule has 1 aromatic carbocycles. The standard InChI is InChI=1S/C15H16FN3O2S.2ClH/c16-11-3-4-13(19(20)21)12(10-11)15(14-2-1-9-22-14)18-7-5-17-6-8-18;;/h1-4,9-10,15,17H,5-8H2;2*1H/t15-;;/m1../s1. The van der Waals surface area contributed by atoms with Crippen LogP contribution in [0.1, 0.15) is 16.5 Å². The lowest BCUT2D eigenvalue weighted by atomic mass is 10.0. The zero-order valence-corrected chi connectivity index (χ0v) is 15.1. The van der Waals surface area contributed by atoms with Gasteiger partial charge in [0.25, 0.3) is 5.69 Å². The summed E-state index contributed by atoms with van der Waals surface area (Å²) in [5.41, 5.74) is 0.396. The number of nitro groups is 1. The Kier molecular flexibility index (Phi) is 8.05. The van der Waals surface area contributed by atoms with E-state index in [9.17, 15) is 14.5 Å². The van der Waals surface area contributed by atoms with Crippen molar-refractivity contribution in [2.45, 2.75) is 6.04 Å². The zero-order chi connectivity index (χ0) is 15.5. The summed E-state index contributed by atoms with van der Waals surface area (Å²) in [7, 11) is 0. The van der Waals surface area contributed by atoms with Crippen LogP contribution in [0, 0.1) is 15.9 Å². The van der Waals surface area contributed by atoms with E-state index in [1.54, 1.807) is 0 Å². The van der Waals surface area contributed by atoms with Crippen molar-refractivity contribution in [2.24, 2.45) is 0 Å². The van der Waals surface area contributed by atoms with Gasteiger partial charge in [-0.05, 0) is 23.6 Å². The molecule has 1 saturated heterocycles. The van der Waals surface area contributed by atoms with Crippen LogP contribution in [0.15, 0.2) is 35.7 Å². The summed E-state index contributed by atoms with van der Waals surface area (Å²) in [6, 6.07) is 7.29. The van der Waals surface area contributed by atoms with E-state index in [2.05, 4.69) is 10.2 Å². The number of thiophene rings is 1. The maximum absolute atomic E-state index is 13.7. The Balaban J connectivity index is 0.00000144. The van der Waals surface area contributed by atoms with E-state index in [4.69, 9.17) is 0 Å². The molecule has 0 aliphatic carbocycles. The maximum atomic E-state index is 13.7. The summed E-state index contributed by atoms with van der Waals surface area (Å²) in [4.78, 5) is 14.1. The van der Waals surface area contributed by atoms with Gasteiger partial charge in [-0.1, -0.05) is 6.07 Å². The van der Waals surface area contributed by atoms with Gasteiger partial charge in [-0.3, -0.25) is 15.0 Å². The van der Waals surface area contributed by atoms with Gasteiger partial charge in [0.15, 0.2) is 0 Å². The number of nitro benzene ring substituents is 1. The van der Waals surface area contributed by atoms with Crippen LogP contribution >= 0.6 is 36.2 Å². The molecular formula is C15H18Cl2FN3O2S. The van der Waals surface area contributed by atoms with Gasteiger partial charge < -0.3 is 5.32 Å². The van der Waals surface area contributed by atoms with Gasteiger partial charge in [0.05, 0.1) is 16.5 Å². The van der Waals surface area contributed by atoms with E-state index >= 15 is 0 Å². The molecule has 1 fully saturated rings. The Labute approximate surface area is 155 Å². The largest absolute Gasteiger partial charge is 0.314 e. The van der Waals surface area contributed by atoms with Crippen LogP contribution in [-0.4, -0.2) is 36.0 Å². The third kappa shape index (κ3) is 4.43. The first kappa shape index (κ1) is 20.8. The van der Waals surface area contributed by atoms with Crippen LogP contribution in [0.3, 0.4) is 0 Å². The summed E-state index contributed by atoms with van der Waals surface area (Å²) < 4.78 is 13.7. The van der Waals surface area contributed by atoms with E-state index in [1.807, 2.05) is 17.5 Å². The normalized spacial score (nSPS) is 15.9. The number of nitrogens with zero attached hydrogens (tertiary/aromatic N) is 2. The minimum atomic E-state index is -0.447. The average Bonchev–Trinajstić information content (AvgIpc) is 3.02. The summed E-state index contributed by atoms with van der Waals surface area (Å²) in [6.07, 6.45) is 0. The van der Waals surface area contributed by atoms with Crippen molar-refractivity contribution >= 4 is 41.8 Å². The van der Waals surface area contributed by atoms with Crippen LogP contribution < -0.4 is 5.32 Å². The van der Waals surface area contributed by atoms with E-state index in [1.165, 1.54) is 23.5 Å². The smallest absolute Gasteiger partial charge is 0.274 e. The minimum absolute atomic E-state index is 0. The molecule has 1 aliphatic heterocycles. The SMILES string of the molecule is Cl.Cl.O=[N+]([O-])c1ccc(F)cc1[C@H](c1cccs1)N1CCNCC1. The molecule has 1 aromatic heterocycles. The van der Waals surface area contributed by atoms with Crippen molar-refractivity contribution in [3.8, 4) is 0 Å². The fourth-order valence-corrected chi connectivity index (χ4v) is 3.70. The van der Waals surface area contributed by atoms with Crippen molar-refractivity contribution in [1.82, 2.24) is 10.2 Å². The second-order valence-electron chi connectivity index (χ2n) is 5.16. The van der Waals surface area contributed by atoms with Crippen molar-refractivity contribution in [1.29, 1.82) is 0 Å². The topological polar surface area (TPSA) is 58.4 Å². The van der Waals surface area contributed by atoms with E-state index in [0.29, 0.717) is 5.56 Å². The Morgan fingerprint density at radius 1 is 1.25 bits per heavy atom. The third-order valence-electron chi connectivity index (χ3n) is 3.81. The Hall–Kier alpha value is -1.25. The Morgan fingerprint density at radius 3 is 2.54 bits per heavy atom. The third-order valence-corrected chi connectivity index (χ3v) is 4.74. The molecule has 3 rings (SSSR count). The molecule has 2 aromatic rings. The van der Waals surface area contributed by atoms with Gasteiger partial charge in [0.1, 0.15) is 5.82 Å². The molecule has 132 valence electrons. The lowest BCUT2D eigenvalue weighted by molar-refractivity contribution is -0.385. The minimum Gasteiger partial charge on any atom is -0.314 e. The van der Waals surface area contributed by atoms with Crippen molar-refractivity contribution in [3.63, 3.8) is 0 Å². The molecule has 9 heteroatoms. The number of hydrogen-bond acceptors (Lipinski definition) is 5. The molecule has 0 saturated carbocycles. The lowest BCUT2D eigenvalue weighted by Crippen LogP contribution is -2.45. The van der Waals surface area contributed by atoms with Gasteiger partial charge in [-0.25, -0.2) is 4.39 Å². The molecule has 1 aliphatic rings. The number of benzene rings is 1. The van der Waals surface area contributed by atoms with Crippen LogP contribution in [-0.2, 0) is 0 Å². The highest BCUT2D eigenvalue weighted by Gasteiger charge is 2.30. The van der Waals surface area contributed by atoms with Crippen molar-refractivity contribution in [2.75, 3.05) is 26.2 Å². The monoisotopic (exact) mass is 393 g/mol. The van der Waals surface area contributed by atoms with Crippen LogP contribution in [0.5, 0.6) is 0 Å². The molecule has 0 amide bonds. The fourth-order valence-electron chi connectivity index (χ4n) is 2.83. The van der Waals surface area contributed by atoms with Gasteiger partial charge in [0, 0.05) is 37.1 Å². The summed E-state index contributed by atoms with van der Waals surface area (Å²) in [6.45, 7) is 3.20. The predicted molar refractivity (Wildman–Crippen MR) is 98.2 cm³/mol. The first-order chi connectivity index (χ1) is 10.7. The molecule has 0 unspecified atom stereocenters. The molecule has 2 heterocycles. The average molecular weight is 394 g/mol. The lowest BCUT2D eigenvalue weighted by Gasteiger charge is -2.34. The predicted octanol–water partition coefficient (Wildman–Crippen LogP) is 3.63. The highest BCUT2D eigenvalue weighted by Crippen LogP contribution is 2.37. The van der Waals surface area contributed by atoms with Crippen LogP contribution in [0.25, 0.3) is 0 Å². The van der Waals surface area contributed by atoms with E-state index in [0.717, 1.165) is 37.1 Å². The second-order valence-corrected chi connectivity index (χ2v) is 6.14. The van der Waals surface area contributed by atoms with Crippen molar-refractivity contribution < 1.29 is 9.31 Å². The van der Waals surface area contributed by atoms with Gasteiger partial charge in [-0.15, -0.1) is 36.2 Å². The summed E-state index contributed by atoms with van der Waals surface area (Å²) in [5, 5.41) is 16.6. The molecule has 0 bridgehead atoms. The highest BCUT2D eigenvalue weighted by molar-refractivity contribution is 7.10. The molecule has 1 atom stereocenters. The summed E-state index contributed by atoms with van der Waals surface area (Å²) in [5.74, 6) is -0.447. The van der Waals surface area contributed by atoms with Crippen molar-refractivity contribution in [3.05, 3.63) is 62.1 Å². The van der Waals surface area contributed by atoms with E-state index in [-0.39, 0.29) is 36.5 Å². The Bertz CT molecular complexity index is 667. The molecule has 5 nitrogen and oxygen atoms in total. The zero-order valence-electron chi connectivity index (χ0n) is 12.7. The first-order valence-corrected chi connectivity index (χ1v) is 7.97. The number of rotatable bonds is 4. The van der Waals surface area contributed by atoms with Gasteiger partial charge in [-0.2, -0.15) is 0 Å². The van der Waals surface area contributed by atoms with E-state index < -0.39 is 10.7 Å². The molecule has 0 spiro atoms. The second kappa shape index (κ2) is 9.29. The molecule has 0 radical (unpaired) electrons. The van der Waals surface area contributed by atoms with Crippen LogP contribution in [0.2, 0.25) is 0 Å².